The zero-order chi connectivity index (χ0) is 35.9. The summed E-state index contributed by atoms with van der Waals surface area (Å²) in [7, 11) is 1.59. The third-order valence-electron chi connectivity index (χ3n) is 10.4. The van der Waals surface area contributed by atoms with Crippen molar-refractivity contribution in [2.24, 2.45) is 5.92 Å². The number of carboxylic acids is 1. The van der Waals surface area contributed by atoms with Gasteiger partial charge in [-0.25, -0.2) is 14.2 Å². The van der Waals surface area contributed by atoms with Crippen LogP contribution in [0.2, 0.25) is 0 Å². The van der Waals surface area contributed by atoms with Crippen molar-refractivity contribution in [2.75, 3.05) is 33.3 Å². The van der Waals surface area contributed by atoms with Gasteiger partial charge in [0, 0.05) is 49.9 Å². The van der Waals surface area contributed by atoms with E-state index in [1.807, 2.05) is 36.4 Å². The van der Waals surface area contributed by atoms with Gasteiger partial charge in [0.1, 0.15) is 11.9 Å². The molecule has 0 bridgehead atoms. The SMILES string of the molecule is [C-]#[N+]c1cc(CN2CC[C@@H](C(=O)O)C2)cc2nc(-c3cccc(-c4cccc5c4CC[C@H]5Oc4ccc(CN5CC[C@@H](O)C5)c(OC)n4)c3F)oc12. The van der Waals surface area contributed by atoms with Gasteiger partial charge in [0.25, 0.3) is 0 Å². The van der Waals surface area contributed by atoms with E-state index in [-0.39, 0.29) is 34.9 Å². The number of hydrogen-bond acceptors (Lipinski definition) is 9. The minimum atomic E-state index is -0.797. The van der Waals surface area contributed by atoms with E-state index in [0.717, 1.165) is 40.8 Å². The molecule has 8 rings (SSSR count). The summed E-state index contributed by atoms with van der Waals surface area (Å²) in [6.07, 6.45) is 2.16. The van der Waals surface area contributed by atoms with Crippen LogP contribution in [-0.4, -0.2) is 75.3 Å². The van der Waals surface area contributed by atoms with Crippen molar-refractivity contribution in [3.05, 3.63) is 100 Å². The highest BCUT2D eigenvalue weighted by molar-refractivity contribution is 5.89. The average Bonchev–Trinajstić information content (AvgIpc) is 3.96. The first kappa shape index (κ1) is 33.8. The number of ether oxygens (including phenoxy) is 2. The molecule has 0 saturated carbocycles. The van der Waals surface area contributed by atoms with E-state index in [1.165, 1.54) is 0 Å². The van der Waals surface area contributed by atoms with Gasteiger partial charge in [-0.15, -0.1) is 0 Å². The van der Waals surface area contributed by atoms with E-state index in [0.29, 0.717) is 74.8 Å². The number of halogens is 1. The lowest BCUT2D eigenvalue weighted by molar-refractivity contribution is -0.141. The molecule has 12 heteroatoms. The maximum atomic E-state index is 16.5. The van der Waals surface area contributed by atoms with Crippen molar-refractivity contribution in [2.45, 2.75) is 51.0 Å². The monoisotopic (exact) mass is 703 g/mol. The summed E-state index contributed by atoms with van der Waals surface area (Å²) >= 11 is 0. The second-order valence-electron chi connectivity index (χ2n) is 13.8. The summed E-state index contributed by atoms with van der Waals surface area (Å²) in [5, 5.41) is 19.3. The van der Waals surface area contributed by atoms with E-state index < -0.39 is 17.7 Å². The zero-order valence-electron chi connectivity index (χ0n) is 28.7. The van der Waals surface area contributed by atoms with Crippen LogP contribution in [0, 0.1) is 18.3 Å². The summed E-state index contributed by atoms with van der Waals surface area (Å²) < 4.78 is 34.6. The summed E-state index contributed by atoms with van der Waals surface area (Å²) in [5.74, 6) is -0.648. The predicted molar refractivity (Wildman–Crippen MR) is 191 cm³/mol. The fraction of sp³-hybridized carbons (Fsp3) is 0.350. The molecule has 3 aromatic carbocycles. The van der Waals surface area contributed by atoms with Crippen molar-refractivity contribution in [3.8, 4) is 34.3 Å². The summed E-state index contributed by atoms with van der Waals surface area (Å²) in [4.78, 5) is 28.6. The molecule has 2 saturated heterocycles. The number of carboxylic acid groups (broad SMARTS) is 1. The smallest absolute Gasteiger partial charge is 0.307 e. The number of β-amino-alcohol motifs (C(OH)–C–C–N with tert-alkyl or cyclic N) is 1. The molecule has 3 aliphatic rings. The number of fused-ring (bicyclic) bond motifs is 2. The van der Waals surface area contributed by atoms with Crippen LogP contribution in [0.15, 0.2) is 65.1 Å². The van der Waals surface area contributed by atoms with E-state index in [1.54, 1.807) is 31.4 Å². The minimum absolute atomic E-state index is 0.0849. The quantitative estimate of drug-likeness (QED) is 0.150. The molecule has 0 unspecified atom stereocenters. The van der Waals surface area contributed by atoms with Gasteiger partial charge in [0.15, 0.2) is 5.58 Å². The van der Waals surface area contributed by atoms with Gasteiger partial charge in [-0.3, -0.25) is 14.6 Å². The zero-order valence-corrected chi connectivity index (χ0v) is 28.7. The number of carbonyl (C=O) groups is 1. The molecule has 2 fully saturated rings. The van der Waals surface area contributed by atoms with Gasteiger partial charge in [0.2, 0.25) is 23.3 Å². The maximum absolute atomic E-state index is 16.5. The number of aliphatic hydroxyl groups is 1. The lowest BCUT2D eigenvalue weighted by atomic mass is 9.95. The number of methoxy groups -OCH3 is 1. The molecule has 266 valence electrons. The Hall–Kier alpha value is -5.35. The number of benzene rings is 3. The van der Waals surface area contributed by atoms with Gasteiger partial charge in [-0.2, -0.15) is 4.98 Å². The van der Waals surface area contributed by atoms with Gasteiger partial charge >= 0.3 is 5.97 Å². The summed E-state index contributed by atoms with van der Waals surface area (Å²) in [5.41, 5.74) is 6.12. The van der Waals surface area contributed by atoms with Crippen molar-refractivity contribution in [3.63, 3.8) is 0 Å². The molecule has 2 aromatic heterocycles. The Labute approximate surface area is 300 Å². The molecule has 5 aromatic rings. The summed E-state index contributed by atoms with van der Waals surface area (Å²) in [6.45, 7) is 11.4. The number of aliphatic hydroxyl groups excluding tert-OH is 1. The van der Waals surface area contributed by atoms with E-state index in [2.05, 4.69) is 24.6 Å². The highest BCUT2D eigenvalue weighted by atomic mass is 19.1. The molecule has 1 aliphatic carbocycles. The minimum Gasteiger partial charge on any atom is -0.481 e. The molecule has 0 amide bonds. The first-order valence-corrected chi connectivity index (χ1v) is 17.6. The molecule has 52 heavy (non-hydrogen) atoms. The van der Waals surface area contributed by atoms with Gasteiger partial charge in [-0.1, -0.05) is 30.3 Å². The maximum Gasteiger partial charge on any atom is 0.307 e. The fourth-order valence-electron chi connectivity index (χ4n) is 7.85. The number of nitrogens with zero attached hydrogens (tertiary/aromatic N) is 5. The lowest BCUT2D eigenvalue weighted by Crippen LogP contribution is -2.22. The standard InChI is InChI=1S/C40H38FN5O6/c1-42-32-17-23(19-45-15-13-25(21-45)40(48)49)18-33-37(32)52-39(43-33)31-8-4-7-30(36(31)41)27-5-3-6-29-28(27)10-11-34(29)51-35-12-9-24(38(44-35)50-2)20-46-16-14-26(47)22-46/h3-9,12,17-18,25-26,34,47H,10-11,13-16,19-22H2,2H3,(H,48,49)/t25-,26-,34-/m1/s1. The van der Waals surface area contributed by atoms with Crippen LogP contribution in [0.1, 0.15) is 47.6 Å². The number of pyridine rings is 1. The van der Waals surface area contributed by atoms with Crippen LogP contribution in [0.25, 0.3) is 38.5 Å². The van der Waals surface area contributed by atoms with Crippen molar-refractivity contribution < 1.29 is 33.3 Å². The number of rotatable bonds is 10. The Morgan fingerprint density at radius 2 is 1.79 bits per heavy atom. The second-order valence-corrected chi connectivity index (χ2v) is 13.8. The predicted octanol–water partition coefficient (Wildman–Crippen LogP) is 6.79. The van der Waals surface area contributed by atoms with Crippen molar-refractivity contribution >= 4 is 22.8 Å². The molecule has 4 heterocycles. The van der Waals surface area contributed by atoms with Crippen LogP contribution in [-0.2, 0) is 24.3 Å². The third-order valence-corrected chi connectivity index (χ3v) is 10.4. The normalized spacial score (nSPS) is 20.3. The molecule has 11 nitrogen and oxygen atoms in total. The Morgan fingerprint density at radius 1 is 1.00 bits per heavy atom. The Balaban J connectivity index is 1.04. The molecule has 0 radical (unpaired) electrons. The van der Waals surface area contributed by atoms with Crippen LogP contribution in [0.3, 0.4) is 0 Å². The van der Waals surface area contributed by atoms with Crippen LogP contribution >= 0.6 is 0 Å². The largest absolute Gasteiger partial charge is 0.481 e. The topological polar surface area (TPSA) is 126 Å². The molecule has 2 N–H and O–H groups in total. The van der Waals surface area contributed by atoms with Crippen LogP contribution in [0.5, 0.6) is 11.8 Å². The van der Waals surface area contributed by atoms with E-state index in [4.69, 9.17) is 20.5 Å². The first-order valence-electron chi connectivity index (χ1n) is 17.6. The number of likely N-dealkylation sites (tertiary alicyclic amines) is 2. The summed E-state index contributed by atoms with van der Waals surface area (Å²) in [6, 6.07) is 18.3. The van der Waals surface area contributed by atoms with Gasteiger partial charge < -0.3 is 24.1 Å². The second kappa shape index (κ2) is 14.0. The molecular formula is C40H38FN5O6. The Morgan fingerprint density at radius 3 is 2.56 bits per heavy atom. The molecular weight excluding hydrogens is 665 g/mol. The average molecular weight is 704 g/mol. The van der Waals surface area contributed by atoms with Gasteiger partial charge in [-0.05, 0) is 78.7 Å². The molecule has 0 spiro atoms. The molecule has 2 aliphatic heterocycles. The number of hydrogen-bond donors (Lipinski definition) is 2. The number of oxazole rings is 1. The van der Waals surface area contributed by atoms with Crippen LogP contribution < -0.4 is 9.47 Å². The highest BCUT2D eigenvalue weighted by Crippen LogP contribution is 2.43. The fourth-order valence-corrected chi connectivity index (χ4v) is 7.85. The van der Waals surface area contributed by atoms with Crippen molar-refractivity contribution in [1.82, 2.24) is 19.8 Å². The van der Waals surface area contributed by atoms with E-state index >= 15 is 4.39 Å². The Bertz CT molecular complexity index is 2220. The van der Waals surface area contributed by atoms with E-state index in [9.17, 15) is 15.0 Å². The first-order chi connectivity index (χ1) is 25.3. The van der Waals surface area contributed by atoms with Gasteiger partial charge in [0.05, 0.1) is 36.8 Å². The number of aliphatic carboxylic acids is 1. The van der Waals surface area contributed by atoms with Crippen LogP contribution in [0.4, 0.5) is 10.1 Å². The number of aromatic nitrogens is 2. The molecule has 3 atom stereocenters. The third kappa shape index (κ3) is 6.47. The highest BCUT2D eigenvalue weighted by Gasteiger charge is 2.30. The lowest BCUT2D eigenvalue weighted by Gasteiger charge is -2.19. The Kier molecular flexibility index (Phi) is 9.09. The van der Waals surface area contributed by atoms with Crippen molar-refractivity contribution in [1.29, 1.82) is 0 Å².